The van der Waals surface area contributed by atoms with Gasteiger partial charge in [0.15, 0.2) is 11.5 Å². The molecule has 0 radical (unpaired) electrons. The summed E-state index contributed by atoms with van der Waals surface area (Å²) in [4.78, 5) is 0. The van der Waals surface area contributed by atoms with Crippen molar-refractivity contribution in [3.05, 3.63) is 23.8 Å². The minimum Gasteiger partial charge on any atom is -0.493 e. The summed E-state index contributed by atoms with van der Waals surface area (Å²) in [6.07, 6.45) is 3.78. The molecule has 0 heterocycles. The van der Waals surface area contributed by atoms with Crippen molar-refractivity contribution in [1.29, 1.82) is 5.41 Å². The predicted octanol–water partition coefficient (Wildman–Crippen LogP) is 2.16. The van der Waals surface area contributed by atoms with Crippen LogP contribution in [0.15, 0.2) is 18.2 Å². The van der Waals surface area contributed by atoms with E-state index in [1.807, 2.05) is 6.07 Å². The maximum absolute atomic E-state index is 7.36. The number of hydrogen-bond donors (Lipinski definition) is 2. The van der Waals surface area contributed by atoms with Gasteiger partial charge in [-0.3, -0.25) is 5.41 Å². The van der Waals surface area contributed by atoms with Gasteiger partial charge < -0.3 is 15.2 Å². The Morgan fingerprint density at radius 1 is 1.41 bits per heavy atom. The second-order valence-corrected chi connectivity index (χ2v) is 4.36. The highest BCUT2D eigenvalue weighted by Gasteiger charge is 2.21. The molecule has 0 spiro atoms. The lowest BCUT2D eigenvalue weighted by molar-refractivity contribution is 0.283. The van der Waals surface area contributed by atoms with Crippen molar-refractivity contribution in [3.8, 4) is 11.5 Å². The first kappa shape index (κ1) is 11.8. The Morgan fingerprint density at radius 2 is 2.18 bits per heavy atom. The number of ether oxygens (including phenoxy) is 2. The number of rotatable bonds is 6. The summed E-state index contributed by atoms with van der Waals surface area (Å²) < 4.78 is 10.9. The molecule has 1 aromatic carbocycles. The average molecular weight is 234 g/mol. The molecule has 1 fully saturated rings. The highest BCUT2D eigenvalue weighted by molar-refractivity contribution is 5.95. The monoisotopic (exact) mass is 234 g/mol. The van der Waals surface area contributed by atoms with Gasteiger partial charge in [-0.15, -0.1) is 0 Å². The Morgan fingerprint density at radius 3 is 2.76 bits per heavy atom. The quantitative estimate of drug-likeness (QED) is 0.585. The van der Waals surface area contributed by atoms with Crippen molar-refractivity contribution in [1.82, 2.24) is 0 Å². The second-order valence-electron chi connectivity index (χ2n) is 4.36. The molecule has 2 rings (SSSR count). The third-order valence-electron chi connectivity index (χ3n) is 2.96. The molecule has 0 saturated heterocycles. The van der Waals surface area contributed by atoms with Gasteiger partial charge in [-0.25, -0.2) is 0 Å². The van der Waals surface area contributed by atoms with E-state index in [2.05, 4.69) is 0 Å². The first-order valence-corrected chi connectivity index (χ1v) is 5.86. The van der Waals surface area contributed by atoms with Crippen LogP contribution >= 0.6 is 0 Å². The van der Waals surface area contributed by atoms with Crippen molar-refractivity contribution in [2.75, 3.05) is 13.7 Å². The van der Waals surface area contributed by atoms with Gasteiger partial charge in [0.1, 0.15) is 5.84 Å². The SMILES string of the molecule is COc1cc(C(=N)N)ccc1OCCC1CC1. The minimum atomic E-state index is 0.0350. The maximum Gasteiger partial charge on any atom is 0.161 e. The second kappa shape index (κ2) is 5.08. The fourth-order valence-electron chi connectivity index (χ4n) is 1.70. The van der Waals surface area contributed by atoms with E-state index >= 15 is 0 Å². The van der Waals surface area contributed by atoms with E-state index in [1.54, 1.807) is 19.2 Å². The van der Waals surface area contributed by atoms with Gasteiger partial charge in [0.05, 0.1) is 13.7 Å². The molecule has 0 aliphatic heterocycles. The van der Waals surface area contributed by atoms with E-state index in [4.69, 9.17) is 20.6 Å². The summed E-state index contributed by atoms with van der Waals surface area (Å²) >= 11 is 0. The molecular weight excluding hydrogens is 216 g/mol. The van der Waals surface area contributed by atoms with Crippen LogP contribution in [0.1, 0.15) is 24.8 Å². The molecule has 0 amide bonds. The number of amidine groups is 1. The van der Waals surface area contributed by atoms with E-state index in [0.29, 0.717) is 11.3 Å². The summed E-state index contributed by atoms with van der Waals surface area (Å²) in [7, 11) is 1.59. The van der Waals surface area contributed by atoms with Gasteiger partial charge in [-0.1, -0.05) is 12.8 Å². The molecule has 4 nitrogen and oxygen atoms in total. The molecule has 1 aromatic rings. The third-order valence-corrected chi connectivity index (χ3v) is 2.96. The molecular formula is C13H18N2O2. The summed E-state index contributed by atoms with van der Waals surface area (Å²) in [5.41, 5.74) is 6.07. The van der Waals surface area contributed by atoms with Crippen LogP contribution in [0.2, 0.25) is 0 Å². The van der Waals surface area contributed by atoms with Crippen LogP contribution in [0.5, 0.6) is 11.5 Å². The Balaban J connectivity index is 2.01. The number of nitrogens with one attached hydrogen (secondary N) is 1. The number of benzene rings is 1. The van der Waals surface area contributed by atoms with Gasteiger partial charge in [0, 0.05) is 5.56 Å². The molecule has 1 aliphatic carbocycles. The van der Waals surface area contributed by atoms with Crippen LogP contribution in [-0.2, 0) is 0 Å². The first-order chi connectivity index (χ1) is 8.20. The highest BCUT2D eigenvalue weighted by Crippen LogP contribution is 2.33. The number of nitrogen functional groups attached to an aromatic ring is 1. The third kappa shape index (κ3) is 3.12. The molecule has 17 heavy (non-hydrogen) atoms. The molecule has 3 N–H and O–H groups in total. The highest BCUT2D eigenvalue weighted by atomic mass is 16.5. The Labute approximate surface area is 101 Å². The van der Waals surface area contributed by atoms with Crippen molar-refractivity contribution in [2.45, 2.75) is 19.3 Å². The van der Waals surface area contributed by atoms with Gasteiger partial charge in [0.2, 0.25) is 0 Å². The summed E-state index contributed by atoms with van der Waals surface area (Å²) in [5, 5.41) is 7.36. The zero-order chi connectivity index (χ0) is 12.3. The smallest absolute Gasteiger partial charge is 0.161 e. The molecule has 1 aliphatic rings. The average Bonchev–Trinajstić information content (AvgIpc) is 3.13. The summed E-state index contributed by atoms with van der Waals surface area (Å²) in [6, 6.07) is 5.31. The van der Waals surface area contributed by atoms with Crippen molar-refractivity contribution in [2.24, 2.45) is 11.7 Å². The summed E-state index contributed by atoms with van der Waals surface area (Å²) in [6.45, 7) is 0.723. The fourth-order valence-corrected chi connectivity index (χ4v) is 1.70. The zero-order valence-corrected chi connectivity index (χ0v) is 10.0. The summed E-state index contributed by atoms with van der Waals surface area (Å²) in [5.74, 6) is 2.25. The molecule has 92 valence electrons. The number of hydrogen-bond acceptors (Lipinski definition) is 3. The largest absolute Gasteiger partial charge is 0.493 e. The van der Waals surface area contributed by atoms with E-state index in [9.17, 15) is 0 Å². The Hall–Kier alpha value is -1.71. The lowest BCUT2D eigenvalue weighted by atomic mass is 10.2. The van der Waals surface area contributed by atoms with Crippen LogP contribution in [0.4, 0.5) is 0 Å². The van der Waals surface area contributed by atoms with Gasteiger partial charge in [0.25, 0.3) is 0 Å². The van der Waals surface area contributed by atoms with Crippen LogP contribution in [0.3, 0.4) is 0 Å². The van der Waals surface area contributed by atoms with Crippen LogP contribution in [-0.4, -0.2) is 19.6 Å². The lowest BCUT2D eigenvalue weighted by Crippen LogP contribution is -2.11. The van der Waals surface area contributed by atoms with Crippen LogP contribution in [0.25, 0.3) is 0 Å². The predicted molar refractivity (Wildman–Crippen MR) is 66.8 cm³/mol. The van der Waals surface area contributed by atoms with Crippen molar-refractivity contribution >= 4 is 5.84 Å². The number of methoxy groups -OCH3 is 1. The van der Waals surface area contributed by atoms with E-state index in [-0.39, 0.29) is 5.84 Å². The Bertz CT molecular complexity index is 414. The molecule has 0 bridgehead atoms. The minimum absolute atomic E-state index is 0.0350. The van der Waals surface area contributed by atoms with Gasteiger partial charge >= 0.3 is 0 Å². The zero-order valence-electron chi connectivity index (χ0n) is 10.0. The first-order valence-electron chi connectivity index (χ1n) is 5.86. The topological polar surface area (TPSA) is 68.3 Å². The van der Waals surface area contributed by atoms with Crippen LogP contribution < -0.4 is 15.2 Å². The number of nitrogens with two attached hydrogens (primary N) is 1. The standard InChI is InChI=1S/C13H18N2O2/c1-16-12-8-10(13(14)15)4-5-11(12)17-7-6-9-2-3-9/h4-5,8-9H,2-3,6-7H2,1H3,(H3,14,15). The molecule has 0 aromatic heterocycles. The Kier molecular flexibility index (Phi) is 3.52. The van der Waals surface area contributed by atoms with E-state index in [0.717, 1.165) is 24.7 Å². The molecule has 4 heteroatoms. The van der Waals surface area contributed by atoms with Crippen molar-refractivity contribution in [3.63, 3.8) is 0 Å². The van der Waals surface area contributed by atoms with E-state index < -0.39 is 0 Å². The van der Waals surface area contributed by atoms with Crippen molar-refractivity contribution < 1.29 is 9.47 Å². The molecule has 0 atom stereocenters. The van der Waals surface area contributed by atoms with Crippen LogP contribution in [0, 0.1) is 11.3 Å². The normalized spacial score (nSPS) is 14.4. The lowest BCUT2D eigenvalue weighted by Gasteiger charge is -2.11. The van der Waals surface area contributed by atoms with E-state index in [1.165, 1.54) is 12.8 Å². The van der Waals surface area contributed by atoms with Gasteiger partial charge in [-0.05, 0) is 30.5 Å². The molecule has 0 unspecified atom stereocenters. The van der Waals surface area contributed by atoms with Gasteiger partial charge in [-0.2, -0.15) is 0 Å². The fraction of sp³-hybridized carbons (Fsp3) is 0.462. The maximum atomic E-state index is 7.36. The molecule has 1 saturated carbocycles.